The molecule has 4 aromatic heterocycles. The van der Waals surface area contributed by atoms with E-state index in [0.717, 1.165) is 68.8 Å². The van der Waals surface area contributed by atoms with Crippen molar-refractivity contribution in [1.29, 1.82) is 0 Å². The Hall–Kier alpha value is -6.32. The number of anilines is 5. The summed E-state index contributed by atoms with van der Waals surface area (Å²) in [4.78, 5) is 70.2. The van der Waals surface area contributed by atoms with Crippen molar-refractivity contribution >= 4 is 46.4 Å². The molecule has 1 aromatic carbocycles. The van der Waals surface area contributed by atoms with E-state index in [2.05, 4.69) is 79.7 Å². The molecule has 1 aliphatic carbocycles. The molecule has 344 valence electrons. The lowest BCUT2D eigenvalue weighted by Gasteiger charge is -2.48. The molecule has 1 unspecified atom stereocenters. The number of benzene rings is 1. The molecule has 8 heterocycles. The molecule has 0 saturated carbocycles. The van der Waals surface area contributed by atoms with Crippen LogP contribution in [0.4, 0.5) is 28.7 Å². The van der Waals surface area contributed by atoms with Gasteiger partial charge in [0.2, 0.25) is 11.8 Å². The lowest BCUT2D eigenvalue weighted by atomic mass is 9.90. The third-order valence-electron chi connectivity index (χ3n) is 14.6. The summed E-state index contributed by atoms with van der Waals surface area (Å²) >= 11 is 0. The predicted octanol–water partition coefficient (Wildman–Crippen LogP) is 5.75. The monoisotopic (exact) mass is 895 g/mol. The zero-order chi connectivity index (χ0) is 48.5. The third kappa shape index (κ3) is 8.05. The molecule has 15 nitrogen and oxygen atoms in total. The summed E-state index contributed by atoms with van der Waals surface area (Å²) in [6.07, 6.45) is 9.34. The minimum absolute atomic E-state index is 0.0121. The molecular weight excluding hydrogens is 833 g/mol. The van der Waals surface area contributed by atoms with Gasteiger partial charge in [-0.05, 0) is 111 Å². The van der Waals surface area contributed by atoms with Crippen LogP contribution >= 0.6 is 0 Å². The summed E-state index contributed by atoms with van der Waals surface area (Å²) in [5, 5.41) is 16.4. The third-order valence-corrected chi connectivity index (χ3v) is 14.6. The number of amides is 3. The molecule has 10 rings (SSSR count). The van der Waals surface area contributed by atoms with Gasteiger partial charge in [0.1, 0.15) is 23.0 Å². The van der Waals surface area contributed by atoms with E-state index in [4.69, 9.17) is 4.11 Å². The number of aryl methyl sites for hydroxylation is 1. The van der Waals surface area contributed by atoms with Crippen LogP contribution in [0.5, 0.6) is 0 Å². The Morgan fingerprint density at radius 1 is 0.894 bits per heavy atom. The van der Waals surface area contributed by atoms with Crippen molar-refractivity contribution in [1.82, 2.24) is 29.3 Å². The van der Waals surface area contributed by atoms with E-state index in [-0.39, 0.29) is 46.6 Å². The molecule has 3 N–H and O–H groups in total. The normalized spacial score (nSPS) is 24.0. The topological polar surface area (TPSA) is 161 Å². The molecule has 3 saturated heterocycles. The lowest BCUT2D eigenvalue weighted by molar-refractivity contribution is -0.134. The van der Waals surface area contributed by atoms with E-state index >= 15 is 0 Å². The number of aliphatic hydroxyl groups excluding tert-OH is 1. The molecule has 15 heteroatoms. The molecule has 66 heavy (non-hydrogen) atoms. The maximum absolute atomic E-state index is 14.1. The van der Waals surface area contributed by atoms with E-state index in [1.807, 2.05) is 24.3 Å². The molecule has 5 aromatic rings. The quantitative estimate of drug-likeness (QED) is 0.155. The van der Waals surface area contributed by atoms with Crippen molar-refractivity contribution in [3.63, 3.8) is 0 Å². The van der Waals surface area contributed by atoms with E-state index in [1.54, 1.807) is 29.3 Å². The maximum Gasteiger partial charge on any atom is 0.276 e. The number of imide groups is 1. The first-order valence-electron chi connectivity index (χ1n) is 24.8. The van der Waals surface area contributed by atoms with Gasteiger partial charge in [-0.2, -0.15) is 0 Å². The van der Waals surface area contributed by atoms with Gasteiger partial charge in [0.25, 0.3) is 11.5 Å². The summed E-state index contributed by atoms with van der Waals surface area (Å²) < 4.78 is 27.6. The van der Waals surface area contributed by atoms with Crippen LogP contribution < -0.4 is 30.9 Å². The lowest BCUT2D eigenvalue weighted by Crippen LogP contribution is -2.58. The van der Waals surface area contributed by atoms with Crippen LogP contribution in [0.1, 0.15) is 96.3 Å². The van der Waals surface area contributed by atoms with Gasteiger partial charge in [0.15, 0.2) is 0 Å². The summed E-state index contributed by atoms with van der Waals surface area (Å²) in [7, 11) is 0. The number of pyridine rings is 3. The van der Waals surface area contributed by atoms with Crippen LogP contribution in [-0.4, -0.2) is 97.7 Å². The second-order valence-corrected chi connectivity index (χ2v) is 19.6. The van der Waals surface area contributed by atoms with Gasteiger partial charge in [-0.1, -0.05) is 26.0 Å². The fourth-order valence-corrected chi connectivity index (χ4v) is 11.3. The van der Waals surface area contributed by atoms with Crippen molar-refractivity contribution in [2.24, 2.45) is 12.4 Å². The highest BCUT2D eigenvalue weighted by Gasteiger charge is 2.38. The average molecular weight is 896 g/mol. The molecule has 4 aliphatic heterocycles. The van der Waals surface area contributed by atoms with E-state index in [9.17, 15) is 24.3 Å². The Bertz CT molecular complexity index is 2880. The fourth-order valence-electron chi connectivity index (χ4n) is 11.3. The van der Waals surface area contributed by atoms with Crippen LogP contribution in [0.15, 0.2) is 78.0 Å². The number of carbonyl (C=O) groups is 3. The van der Waals surface area contributed by atoms with Crippen LogP contribution in [0.3, 0.4) is 0 Å². The van der Waals surface area contributed by atoms with E-state index in [0.29, 0.717) is 70.8 Å². The molecule has 3 fully saturated rings. The number of piperidine rings is 2. The van der Waals surface area contributed by atoms with Crippen molar-refractivity contribution in [3.8, 4) is 11.1 Å². The number of carbonyl (C=O) groups excluding carboxylic acids is 3. The zero-order valence-corrected chi connectivity index (χ0v) is 38.1. The summed E-state index contributed by atoms with van der Waals surface area (Å²) in [6, 6.07) is 18.2. The van der Waals surface area contributed by atoms with Crippen molar-refractivity contribution in [2.75, 3.05) is 52.7 Å². The minimum atomic E-state index is -2.82. The predicted molar refractivity (Wildman–Crippen MR) is 255 cm³/mol. The van der Waals surface area contributed by atoms with Gasteiger partial charge in [0.05, 0.1) is 24.4 Å². The summed E-state index contributed by atoms with van der Waals surface area (Å²) in [6.45, 7) is 10.1. The van der Waals surface area contributed by atoms with Gasteiger partial charge in [0, 0.05) is 110 Å². The summed E-state index contributed by atoms with van der Waals surface area (Å²) in [5.41, 5.74) is 6.50. The highest BCUT2D eigenvalue weighted by molar-refractivity contribution is 6.06. The molecule has 0 spiro atoms. The first kappa shape index (κ1) is 40.0. The summed E-state index contributed by atoms with van der Waals surface area (Å²) in [5.74, 6) is -0.284. The van der Waals surface area contributed by atoms with E-state index in [1.165, 1.54) is 23.7 Å². The molecule has 0 bridgehead atoms. The number of hydrogen-bond acceptors (Lipinski definition) is 11. The van der Waals surface area contributed by atoms with Gasteiger partial charge < -0.3 is 29.4 Å². The minimum Gasteiger partial charge on any atom is -0.392 e. The first-order valence-corrected chi connectivity index (χ1v) is 23.3. The van der Waals surface area contributed by atoms with Crippen molar-refractivity contribution < 1.29 is 23.6 Å². The zero-order valence-electron chi connectivity index (χ0n) is 41.1. The molecule has 4 atom stereocenters. The Morgan fingerprint density at radius 2 is 1.70 bits per heavy atom. The van der Waals surface area contributed by atoms with Crippen LogP contribution in [0.2, 0.25) is 0 Å². The van der Waals surface area contributed by atoms with E-state index < -0.39 is 19.1 Å². The number of aromatic nitrogens is 4. The second kappa shape index (κ2) is 17.2. The highest BCUT2D eigenvalue weighted by Crippen LogP contribution is 2.40. The SMILES string of the molecule is [2H]C([2H])([2H])n1cc(-c2ccnc(N3CCn4c(cc5c4CC(C)(C)C5)C3=O)c2CO)cc(Nc2ccc(N3CCN([C@H]4CCN(c5ccc(C6CCC(=O)NC6=O)cc5)[C@@H](C)C4)C[C@@H]3C)cn2)c1=O. The number of nitrogens with one attached hydrogen (secondary N) is 2. The standard InChI is InChI=1S/C51H60N10O5/c1-31-22-37(15-17-58(31)36-8-6-33(7-9-36)40-11-13-46(63)55-48(40)64)57-18-19-59(32(2)28-57)38-10-12-45(53-27-38)54-42-23-35(29-56(5)49(42)65)39-14-16-52-47(41(39)30-62)61-21-20-60-43(50(61)66)24-34-25-51(3,4)26-44(34)60/h6-10,12,14,16,23-24,27,29,31-32,37,40,62H,11,13,15,17-22,25-26,28,30H2,1-5H3,(H,53,54)(H,55,63,64)/t31-,32-,37-,40?/m0/s1/i5D3. The Labute approximate surface area is 389 Å². The van der Waals surface area contributed by atoms with Crippen LogP contribution in [0.25, 0.3) is 11.1 Å². The fraction of sp³-hybridized carbons (Fsp3) is 0.451. The van der Waals surface area contributed by atoms with Gasteiger partial charge in [-0.3, -0.25) is 34.3 Å². The maximum atomic E-state index is 14.1. The Kier molecular flexibility index (Phi) is 10.4. The molecule has 0 radical (unpaired) electrons. The molecular formula is C51H60N10O5. The number of hydrogen-bond donors (Lipinski definition) is 3. The number of nitrogens with zero attached hydrogens (tertiary/aromatic N) is 8. The van der Waals surface area contributed by atoms with Gasteiger partial charge in [-0.25, -0.2) is 9.97 Å². The second-order valence-electron chi connectivity index (χ2n) is 19.6. The average Bonchev–Trinajstić information content (AvgIpc) is 3.81. The smallest absolute Gasteiger partial charge is 0.276 e. The van der Waals surface area contributed by atoms with Gasteiger partial charge >= 0.3 is 0 Å². The van der Waals surface area contributed by atoms with Crippen molar-refractivity contribution in [2.45, 2.75) is 103 Å². The van der Waals surface area contributed by atoms with Crippen LogP contribution in [0, 0.1) is 5.41 Å². The molecule has 3 amide bonds. The van der Waals surface area contributed by atoms with Crippen LogP contribution in [-0.2, 0) is 42.6 Å². The first-order chi connectivity index (χ1) is 33.0. The van der Waals surface area contributed by atoms with Gasteiger partial charge in [-0.15, -0.1) is 0 Å². The highest BCUT2D eigenvalue weighted by atomic mass is 16.3. The largest absolute Gasteiger partial charge is 0.392 e. The van der Waals surface area contributed by atoms with Crippen molar-refractivity contribution in [3.05, 3.63) is 112 Å². The molecule has 5 aliphatic rings. The Morgan fingerprint density at radius 3 is 2.42 bits per heavy atom. The number of piperazine rings is 1. The number of rotatable bonds is 9. The number of aliphatic hydroxyl groups is 1. The number of fused-ring (bicyclic) bond motifs is 3. The Balaban J connectivity index is 0.808.